The van der Waals surface area contributed by atoms with Crippen molar-refractivity contribution in [1.29, 1.82) is 0 Å². The summed E-state index contributed by atoms with van der Waals surface area (Å²) in [6.45, 7) is 0.589. The van der Waals surface area contributed by atoms with Gasteiger partial charge in [0, 0.05) is 12.2 Å². The van der Waals surface area contributed by atoms with Crippen molar-refractivity contribution in [3.63, 3.8) is 0 Å². The van der Waals surface area contributed by atoms with E-state index in [0.29, 0.717) is 24.1 Å². The normalized spacial score (nSPS) is 15.8. The van der Waals surface area contributed by atoms with Crippen molar-refractivity contribution in [2.24, 2.45) is 0 Å². The van der Waals surface area contributed by atoms with Gasteiger partial charge in [-0.15, -0.1) is 5.10 Å². The largest absolute Gasteiger partial charge is 0.478 e. The van der Waals surface area contributed by atoms with E-state index in [1.807, 2.05) is 0 Å². The molecule has 1 saturated carbocycles. The minimum atomic E-state index is -0.980. The molecule has 0 unspecified atom stereocenters. The first-order chi connectivity index (χ1) is 8.74. The van der Waals surface area contributed by atoms with Gasteiger partial charge in [-0.05, 0) is 25.0 Å². The summed E-state index contributed by atoms with van der Waals surface area (Å²) >= 11 is 0. The summed E-state index contributed by atoms with van der Waals surface area (Å²) in [5.74, 6) is -0.345. The Kier molecular flexibility index (Phi) is 2.71. The van der Waals surface area contributed by atoms with Crippen molar-refractivity contribution in [3.05, 3.63) is 29.7 Å². The topological polar surface area (TPSA) is 79.5 Å². The van der Waals surface area contributed by atoms with E-state index < -0.39 is 5.97 Å². The maximum Gasteiger partial charge on any atom is 0.339 e. The summed E-state index contributed by atoms with van der Waals surface area (Å²) in [5, 5.41) is 16.7. The molecule has 2 aromatic heterocycles. The van der Waals surface area contributed by atoms with Crippen LogP contribution in [0.5, 0.6) is 0 Å². The fourth-order valence-corrected chi connectivity index (χ4v) is 2.04. The lowest BCUT2D eigenvalue weighted by Gasteiger charge is -2.25. The van der Waals surface area contributed by atoms with Gasteiger partial charge in [0.15, 0.2) is 11.5 Å². The van der Waals surface area contributed by atoms with Gasteiger partial charge in [0.05, 0.1) is 6.54 Å². The maximum atomic E-state index is 11.0. The summed E-state index contributed by atoms with van der Waals surface area (Å²) in [7, 11) is 0. The number of fused-ring (bicyclic) bond motifs is 1. The fourth-order valence-electron chi connectivity index (χ4n) is 2.04. The molecule has 1 fully saturated rings. The van der Waals surface area contributed by atoms with Gasteiger partial charge in [-0.3, -0.25) is 0 Å². The van der Waals surface area contributed by atoms with E-state index in [1.165, 1.54) is 29.8 Å². The minimum Gasteiger partial charge on any atom is -0.478 e. The monoisotopic (exact) mass is 246 g/mol. The van der Waals surface area contributed by atoms with Crippen molar-refractivity contribution < 1.29 is 9.90 Å². The van der Waals surface area contributed by atoms with Crippen LogP contribution in [0.2, 0.25) is 0 Å². The van der Waals surface area contributed by atoms with E-state index in [-0.39, 0.29) is 5.56 Å². The summed E-state index contributed by atoms with van der Waals surface area (Å²) in [6, 6.07) is 3.76. The molecule has 94 valence electrons. The number of aromatic nitrogens is 3. The van der Waals surface area contributed by atoms with Crippen LogP contribution in [-0.2, 0) is 6.54 Å². The number of rotatable bonds is 4. The van der Waals surface area contributed by atoms with Crippen LogP contribution in [0.3, 0.4) is 0 Å². The van der Waals surface area contributed by atoms with Gasteiger partial charge < -0.3 is 10.4 Å². The van der Waals surface area contributed by atoms with Crippen LogP contribution >= 0.6 is 0 Å². The van der Waals surface area contributed by atoms with Gasteiger partial charge >= 0.3 is 5.97 Å². The molecule has 1 aliphatic rings. The highest BCUT2D eigenvalue weighted by atomic mass is 16.4. The third kappa shape index (κ3) is 1.95. The predicted molar refractivity (Wildman–Crippen MR) is 64.4 cm³/mol. The number of carboxylic acid groups (broad SMARTS) is 1. The molecule has 0 bridgehead atoms. The van der Waals surface area contributed by atoms with E-state index in [2.05, 4.69) is 15.4 Å². The molecule has 0 aliphatic heterocycles. The number of carbonyl (C=O) groups is 1. The fraction of sp³-hybridized carbons (Fsp3) is 0.417. The van der Waals surface area contributed by atoms with Crippen LogP contribution in [0.25, 0.3) is 5.65 Å². The van der Waals surface area contributed by atoms with Crippen molar-refractivity contribution in [2.45, 2.75) is 31.8 Å². The number of hydrogen-bond acceptors (Lipinski definition) is 4. The third-order valence-electron chi connectivity index (χ3n) is 3.29. The lowest BCUT2D eigenvalue weighted by molar-refractivity contribution is 0.0698. The first-order valence-electron chi connectivity index (χ1n) is 6.05. The van der Waals surface area contributed by atoms with Gasteiger partial charge in [-0.2, -0.15) is 0 Å². The standard InChI is InChI=1S/C12H14N4O2/c17-12(18)9-5-2-6-16-11(9)14-10(15-16)7-13-8-3-1-4-8/h2,5-6,8,13H,1,3-4,7H2,(H,17,18). The molecule has 0 radical (unpaired) electrons. The molecule has 6 heteroatoms. The van der Waals surface area contributed by atoms with Crippen LogP contribution in [0.4, 0.5) is 0 Å². The van der Waals surface area contributed by atoms with Crippen LogP contribution in [-0.4, -0.2) is 31.7 Å². The van der Waals surface area contributed by atoms with E-state index in [1.54, 1.807) is 12.3 Å². The predicted octanol–water partition coefficient (Wildman–Crippen LogP) is 1.07. The zero-order valence-electron chi connectivity index (χ0n) is 9.83. The molecular formula is C12H14N4O2. The number of hydrogen-bond donors (Lipinski definition) is 2. The quantitative estimate of drug-likeness (QED) is 0.843. The van der Waals surface area contributed by atoms with E-state index in [0.717, 1.165) is 0 Å². The lowest BCUT2D eigenvalue weighted by atomic mass is 9.93. The molecule has 0 spiro atoms. The molecule has 3 rings (SSSR count). The molecule has 0 amide bonds. The van der Waals surface area contributed by atoms with Crippen LogP contribution in [0, 0.1) is 0 Å². The van der Waals surface area contributed by atoms with Crippen LogP contribution in [0.1, 0.15) is 35.4 Å². The first-order valence-corrected chi connectivity index (χ1v) is 6.05. The van der Waals surface area contributed by atoms with Gasteiger partial charge in [-0.25, -0.2) is 14.3 Å². The van der Waals surface area contributed by atoms with E-state index >= 15 is 0 Å². The second-order valence-electron chi connectivity index (χ2n) is 4.53. The molecule has 2 N–H and O–H groups in total. The summed E-state index contributed by atoms with van der Waals surface area (Å²) in [4.78, 5) is 15.3. The van der Waals surface area contributed by atoms with Gasteiger partial charge in [0.1, 0.15) is 5.56 Å². The Morgan fingerprint density at radius 1 is 1.56 bits per heavy atom. The molecule has 0 atom stereocenters. The van der Waals surface area contributed by atoms with E-state index in [9.17, 15) is 4.79 Å². The molecule has 18 heavy (non-hydrogen) atoms. The van der Waals surface area contributed by atoms with Gasteiger partial charge in [0.2, 0.25) is 0 Å². The van der Waals surface area contributed by atoms with Gasteiger partial charge in [0.25, 0.3) is 0 Å². The van der Waals surface area contributed by atoms with Crippen LogP contribution in [0.15, 0.2) is 18.3 Å². The Labute approximate surface area is 104 Å². The highest BCUT2D eigenvalue weighted by molar-refractivity contribution is 5.94. The second-order valence-corrected chi connectivity index (χ2v) is 4.53. The SMILES string of the molecule is O=C(O)c1cccn2nc(CNC3CCC3)nc12. The van der Waals surface area contributed by atoms with Crippen molar-refractivity contribution >= 4 is 11.6 Å². The lowest BCUT2D eigenvalue weighted by Crippen LogP contribution is -2.34. The zero-order valence-corrected chi connectivity index (χ0v) is 9.83. The maximum absolute atomic E-state index is 11.0. The first kappa shape index (κ1) is 11.2. The number of carboxylic acids is 1. The summed E-state index contributed by atoms with van der Waals surface area (Å²) in [5.41, 5.74) is 0.579. The Morgan fingerprint density at radius 2 is 2.39 bits per heavy atom. The average molecular weight is 246 g/mol. The smallest absolute Gasteiger partial charge is 0.339 e. The Balaban J connectivity index is 1.85. The summed E-state index contributed by atoms with van der Waals surface area (Å²) in [6.07, 6.45) is 5.39. The molecule has 0 aromatic carbocycles. The number of aromatic carboxylic acids is 1. The molecule has 1 aliphatic carbocycles. The molecule has 6 nitrogen and oxygen atoms in total. The molecule has 0 saturated heterocycles. The Bertz CT molecular complexity index is 589. The number of nitrogens with zero attached hydrogens (tertiary/aromatic N) is 3. The second kappa shape index (κ2) is 4.38. The number of pyridine rings is 1. The minimum absolute atomic E-state index is 0.180. The zero-order chi connectivity index (χ0) is 12.5. The average Bonchev–Trinajstić information content (AvgIpc) is 2.68. The Morgan fingerprint density at radius 3 is 3.06 bits per heavy atom. The molecule has 2 heterocycles. The number of nitrogens with one attached hydrogen (secondary N) is 1. The summed E-state index contributed by atoms with van der Waals surface area (Å²) < 4.78 is 1.52. The third-order valence-corrected chi connectivity index (χ3v) is 3.29. The van der Waals surface area contributed by atoms with Crippen molar-refractivity contribution in [3.8, 4) is 0 Å². The molecular weight excluding hydrogens is 232 g/mol. The van der Waals surface area contributed by atoms with Crippen molar-refractivity contribution in [1.82, 2.24) is 19.9 Å². The van der Waals surface area contributed by atoms with Gasteiger partial charge in [-0.1, -0.05) is 6.42 Å². The highest BCUT2D eigenvalue weighted by Gasteiger charge is 2.18. The molecule has 2 aromatic rings. The van der Waals surface area contributed by atoms with Crippen molar-refractivity contribution in [2.75, 3.05) is 0 Å². The van der Waals surface area contributed by atoms with E-state index in [4.69, 9.17) is 5.11 Å². The van der Waals surface area contributed by atoms with Crippen LogP contribution < -0.4 is 5.32 Å². The highest BCUT2D eigenvalue weighted by Crippen LogP contribution is 2.18. The Hall–Kier alpha value is -1.95.